The largest absolute Gasteiger partial charge is 0.393 e. The lowest BCUT2D eigenvalue weighted by Crippen LogP contribution is -2.07. The van der Waals surface area contributed by atoms with Crippen LogP contribution < -0.4 is 0 Å². The summed E-state index contributed by atoms with van der Waals surface area (Å²) in [5.74, 6) is -0.165. The number of aliphatic hydroxyl groups excluding tert-OH is 1. The van der Waals surface area contributed by atoms with E-state index in [4.69, 9.17) is 4.55 Å². The van der Waals surface area contributed by atoms with E-state index in [0.29, 0.717) is 6.42 Å². The molecular weight excluding hydrogens is 336 g/mol. The maximum absolute atomic E-state index is 10.6. The Morgan fingerprint density at radius 2 is 1.00 bits per heavy atom. The third-order valence-electron chi connectivity index (χ3n) is 4.83. The Hall–Kier alpha value is -0.130. The van der Waals surface area contributed by atoms with Crippen molar-refractivity contribution in [3.63, 3.8) is 0 Å². The minimum atomic E-state index is -3.82. The second-order valence-corrected chi connectivity index (χ2v) is 9.04. The molecule has 0 saturated carbocycles. The highest BCUT2D eigenvalue weighted by Crippen LogP contribution is 2.14. The molecule has 0 aliphatic carbocycles. The van der Waals surface area contributed by atoms with Gasteiger partial charge in [-0.1, -0.05) is 96.8 Å². The summed E-state index contributed by atoms with van der Waals surface area (Å²) >= 11 is 0. The van der Waals surface area contributed by atoms with E-state index >= 15 is 0 Å². The van der Waals surface area contributed by atoms with Crippen LogP contribution in [-0.4, -0.2) is 29.9 Å². The fraction of sp³-hybridized carbons (Fsp3) is 1.00. The van der Waals surface area contributed by atoms with Crippen LogP contribution in [0.3, 0.4) is 0 Å². The summed E-state index contributed by atoms with van der Waals surface area (Å²) in [4.78, 5) is 0. The summed E-state index contributed by atoms with van der Waals surface area (Å²) in [6, 6.07) is 0. The van der Waals surface area contributed by atoms with Gasteiger partial charge in [0.05, 0.1) is 11.9 Å². The lowest BCUT2D eigenvalue weighted by molar-refractivity contribution is 0.147. The van der Waals surface area contributed by atoms with Gasteiger partial charge in [0.25, 0.3) is 10.1 Å². The van der Waals surface area contributed by atoms with Gasteiger partial charge in [-0.25, -0.2) is 0 Å². The topological polar surface area (TPSA) is 74.6 Å². The first-order valence-electron chi connectivity index (χ1n) is 10.6. The van der Waals surface area contributed by atoms with E-state index in [1.807, 2.05) is 0 Å². The molecule has 4 nitrogen and oxygen atoms in total. The number of hydrogen-bond acceptors (Lipinski definition) is 3. The van der Waals surface area contributed by atoms with Gasteiger partial charge >= 0.3 is 0 Å². The Morgan fingerprint density at radius 3 is 1.40 bits per heavy atom. The average Bonchev–Trinajstić information content (AvgIpc) is 2.54. The summed E-state index contributed by atoms with van der Waals surface area (Å²) in [5, 5.41) is 9.90. The molecule has 1 unspecified atom stereocenters. The Kier molecular flexibility index (Phi) is 17.2. The molecular formula is C20H42O4S. The highest BCUT2D eigenvalue weighted by atomic mass is 32.2. The monoisotopic (exact) mass is 378 g/mol. The van der Waals surface area contributed by atoms with E-state index in [2.05, 4.69) is 6.92 Å². The molecule has 1 atom stereocenters. The second kappa shape index (κ2) is 17.3. The van der Waals surface area contributed by atoms with Crippen LogP contribution >= 0.6 is 0 Å². The lowest BCUT2D eigenvalue weighted by Gasteiger charge is -2.10. The van der Waals surface area contributed by atoms with E-state index < -0.39 is 10.1 Å². The predicted octanol–water partition coefficient (Wildman–Crippen LogP) is 5.89. The summed E-state index contributed by atoms with van der Waals surface area (Å²) in [6.45, 7) is 2.26. The molecule has 0 radical (unpaired) electrons. The second-order valence-electron chi connectivity index (χ2n) is 7.47. The zero-order valence-corrected chi connectivity index (χ0v) is 17.2. The minimum Gasteiger partial charge on any atom is -0.393 e. The molecule has 5 heteroatoms. The molecule has 0 spiro atoms. The SMILES string of the molecule is CCCCCCCCCCCCCCC(O)CCCCCS(=O)(=O)O. The smallest absolute Gasteiger partial charge is 0.264 e. The Balaban J connectivity index is 3.20. The van der Waals surface area contributed by atoms with Gasteiger partial charge in [0.2, 0.25) is 0 Å². The molecule has 25 heavy (non-hydrogen) atoms. The first kappa shape index (κ1) is 24.9. The predicted molar refractivity (Wildman–Crippen MR) is 107 cm³/mol. The number of hydrogen-bond donors (Lipinski definition) is 2. The first-order valence-corrected chi connectivity index (χ1v) is 12.2. The molecule has 0 aliphatic rings. The molecule has 0 aromatic rings. The number of unbranched alkanes of at least 4 members (excludes halogenated alkanes) is 13. The van der Waals surface area contributed by atoms with Crippen molar-refractivity contribution in [1.82, 2.24) is 0 Å². The van der Waals surface area contributed by atoms with Gasteiger partial charge in [-0.3, -0.25) is 4.55 Å². The van der Waals surface area contributed by atoms with E-state index in [1.165, 1.54) is 70.6 Å². The van der Waals surface area contributed by atoms with Gasteiger partial charge in [-0.15, -0.1) is 0 Å². The normalized spacial score (nSPS) is 13.2. The van der Waals surface area contributed by atoms with Gasteiger partial charge < -0.3 is 5.11 Å². The quantitative estimate of drug-likeness (QED) is 0.217. The Morgan fingerprint density at radius 1 is 0.640 bits per heavy atom. The van der Waals surface area contributed by atoms with Crippen molar-refractivity contribution in [3.8, 4) is 0 Å². The summed E-state index contributed by atoms with van der Waals surface area (Å²) < 4.78 is 29.8. The highest BCUT2D eigenvalue weighted by molar-refractivity contribution is 7.85. The number of rotatable bonds is 19. The van der Waals surface area contributed by atoms with Crippen LogP contribution in [0, 0.1) is 0 Å². The molecule has 0 aliphatic heterocycles. The van der Waals surface area contributed by atoms with Gasteiger partial charge in [0.15, 0.2) is 0 Å². The van der Waals surface area contributed by atoms with Gasteiger partial charge in [0, 0.05) is 0 Å². The molecule has 0 aromatic heterocycles. The first-order chi connectivity index (χ1) is 12.0. The van der Waals surface area contributed by atoms with Crippen LogP contribution in [0.15, 0.2) is 0 Å². The van der Waals surface area contributed by atoms with E-state index in [1.54, 1.807) is 0 Å². The zero-order valence-electron chi connectivity index (χ0n) is 16.4. The summed E-state index contributed by atoms with van der Waals surface area (Å²) in [5.41, 5.74) is 0. The van der Waals surface area contributed by atoms with Crippen LogP contribution in [0.25, 0.3) is 0 Å². The molecule has 0 aromatic carbocycles. The van der Waals surface area contributed by atoms with Crippen LogP contribution in [-0.2, 0) is 10.1 Å². The summed E-state index contributed by atoms with van der Waals surface area (Å²) in [7, 11) is -3.82. The molecule has 2 N–H and O–H groups in total. The van der Waals surface area contributed by atoms with Gasteiger partial charge in [0.1, 0.15) is 0 Å². The van der Waals surface area contributed by atoms with E-state index in [0.717, 1.165) is 32.1 Å². The van der Waals surface area contributed by atoms with Crippen molar-refractivity contribution >= 4 is 10.1 Å². The third kappa shape index (κ3) is 21.8. The maximum Gasteiger partial charge on any atom is 0.264 e. The summed E-state index contributed by atoms with van der Waals surface area (Å²) in [6.07, 6.45) is 19.3. The fourth-order valence-electron chi connectivity index (χ4n) is 3.21. The van der Waals surface area contributed by atoms with Crippen molar-refractivity contribution < 1.29 is 18.1 Å². The Bertz CT molecular complexity index is 368. The van der Waals surface area contributed by atoms with Crippen molar-refractivity contribution in [1.29, 1.82) is 0 Å². The maximum atomic E-state index is 10.6. The standard InChI is InChI=1S/C20H42O4S/c1-2-3-4-5-6-7-8-9-10-11-12-14-17-20(21)18-15-13-16-19-25(22,23)24/h20-21H,2-19H2,1H3,(H,22,23,24). The molecule has 0 fully saturated rings. The molecule has 0 amide bonds. The van der Waals surface area contributed by atoms with Crippen molar-refractivity contribution in [2.75, 3.05) is 5.75 Å². The van der Waals surface area contributed by atoms with E-state index in [-0.39, 0.29) is 11.9 Å². The van der Waals surface area contributed by atoms with Crippen LogP contribution in [0.4, 0.5) is 0 Å². The van der Waals surface area contributed by atoms with Crippen LogP contribution in [0.2, 0.25) is 0 Å². The van der Waals surface area contributed by atoms with Gasteiger partial charge in [-0.2, -0.15) is 8.42 Å². The van der Waals surface area contributed by atoms with Crippen molar-refractivity contribution in [3.05, 3.63) is 0 Å². The van der Waals surface area contributed by atoms with Crippen LogP contribution in [0.5, 0.6) is 0 Å². The van der Waals surface area contributed by atoms with Crippen LogP contribution in [0.1, 0.15) is 116 Å². The lowest BCUT2D eigenvalue weighted by atomic mass is 10.0. The number of aliphatic hydroxyl groups is 1. The average molecular weight is 379 g/mol. The third-order valence-corrected chi connectivity index (χ3v) is 5.64. The van der Waals surface area contributed by atoms with Gasteiger partial charge in [-0.05, 0) is 19.3 Å². The Labute approximate surface area is 156 Å². The molecule has 152 valence electrons. The molecule has 0 bridgehead atoms. The molecule has 0 saturated heterocycles. The van der Waals surface area contributed by atoms with Crippen molar-refractivity contribution in [2.24, 2.45) is 0 Å². The van der Waals surface area contributed by atoms with Crippen molar-refractivity contribution in [2.45, 2.75) is 122 Å². The molecule has 0 rings (SSSR count). The highest BCUT2D eigenvalue weighted by Gasteiger charge is 2.06. The fourth-order valence-corrected chi connectivity index (χ4v) is 3.78. The zero-order chi connectivity index (χ0) is 18.8. The molecule has 0 heterocycles. The van der Waals surface area contributed by atoms with E-state index in [9.17, 15) is 13.5 Å². The minimum absolute atomic E-state index is 0.165.